The number of aliphatic hydroxyl groups is 1. The van der Waals surface area contributed by atoms with E-state index in [0.717, 1.165) is 0 Å². The van der Waals surface area contributed by atoms with Crippen molar-refractivity contribution >= 4 is 39.1 Å². The summed E-state index contributed by atoms with van der Waals surface area (Å²) in [5.41, 5.74) is 2.13. The van der Waals surface area contributed by atoms with Crippen LogP contribution in [0.3, 0.4) is 0 Å². The van der Waals surface area contributed by atoms with Crippen LogP contribution >= 0.6 is 27.5 Å². The fourth-order valence-corrected chi connectivity index (χ4v) is 2.96. The second-order valence-corrected chi connectivity index (χ2v) is 6.74. The second-order valence-electron chi connectivity index (χ2n) is 5.39. The molecule has 1 amide bonds. The van der Waals surface area contributed by atoms with E-state index in [1.807, 2.05) is 30.3 Å². The zero-order valence-corrected chi connectivity index (χ0v) is 15.3. The molecule has 0 radical (unpaired) electrons. The number of hydrogen-bond acceptors (Lipinski definition) is 3. The van der Waals surface area contributed by atoms with Crippen molar-refractivity contribution in [1.29, 1.82) is 0 Å². The van der Waals surface area contributed by atoms with Gasteiger partial charge in [-0.05, 0) is 45.8 Å². The number of nitrogens with zero attached hydrogens (tertiary/aromatic N) is 1. The molecule has 4 nitrogen and oxygen atoms in total. The Kier molecular flexibility index (Phi) is 5.48. The van der Waals surface area contributed by atoms with Crippen molar-refractivity contribution in [3.05, 3.63) is 93.2 Å². The Hall–Kier alpha value is -2.21. The predicted molar refractivity (Wildman–Crippen MR) is 102 cm³/mol. The Balaban J connectivity index is 1.93. The summed E-state index contributed by atoms with van der Waals surface area (Å²) in [5, 5.41) is 14.0. The molecule has 6 heteroatoms. The lowest BCUT2D eigenvalue weighted by atomic mass is 9.99. The highest BCUT2D eigenvalue weighted by Crippen LogP contribution is 2.31. The molecule has 0 saturated heterocycles. The number of rotatable bonds is 4. The molecule has 3 aromatic rings. The van der Waals surface area contributed by atoms with Crippen LogP contribution in [0.2, 0.25) is 5.02 Å². The van der Waals surface area contributed by atoms with Gasteiger partial charge in [-0.25, -0.2) is 0 Å². The van der Waals surface area contributed by atoms with E-state index in [9.17, 15) is 9.90 Å². The van der Waals surface area contributed by atoms with Gasteiger partial charge >= 0.3 is 0 Å². The molecule has 0 aliphatic carbocycles. The molecule has 0 spiro atoms. The molecular weight excluding hydrogens is 404 g/mol. The van der Waals surface area contributed by atoms with Gasteiger partial charge in [-0.3, -0.25) is 9.78 Å². The largest absolute Gasteiger partial charge is 0.384 e. The number of benzene rings is 2. The third kappa shape index (κ3) is 4.25. The first-order chi connectivity index (χ1) is 12.0. The molecule has 0 saturated carbocycles. The molecule has 0 bridgehead atoms. The molecule has 0 fully saturated rings. The first-order valence-electron chi connectivity index (χ1n) is 7.49. The van der Waals surface area contributed by atoms with Crippen LogP contribution in [-0.2, 0) is 0 Å². The summed E-state index contributed by atoms with van der Waals surface area (Å²) >= 11 is 9.38. The normalized spacial score (nSPS) is 11.8. The Morgan fingerprint density at radius 2 is 1.88 bits per heavy atom. The Morgan fingerprint density at radius 1 is 1.12 bits per heavy atom. The smallest absolute Gasteiger partial charge is 0.257 e. The lowest BCUT2D eigenvalue weighted by Gasteiger charge is -2.17. The van der Waals surface area contributed by atoms with Gasteiger partial charge in [-0.15, -0.1) is 0 Å². The van der Waals surface area contributed by atoms with E-state index < -0.39 is 6.10 Å². The fourth-order valence-electron chi connectivity index (χ4n) is 2.42. The number of halogens is 2. The molecule has 1 heterocycles. The number of carbonyl (C=O) groups is 1. The van der Waals surface area contributed by atoms with Crippen LogP contribution in [0.5, 0.6) is 0 Å². The molecule has 0 unspecified atom stereocenters. The van der Waals surface area contributed by atoms with Crippen LogP contribution in [-0.4, -0.2) is 16.0 Å². The van der Waals surface area contributed by atoms with Gasteiger partial charge in [0, 0.05) is 33.1 Å². The minimum Gasteiger partial charge on any atom is -0.384 e. The van der Waals surface area contributed by atoms with Gasteiger partial charge in [0.05, 0.1) is 5.56 Å². The van der Waals surface area contributed by atoms with Crippen LogP contribution in [0.1, 0.15) is 27.6 Å². The minimum absolute atomic E-state index is 0.322. The molecule has 2 N–H and O–H groups in total. The number of aromatic nitrogens is 1. The monoisotopic (exact) mass is 416 g/mol. The van der Waals surface area contributed by atoms with E-state index in [0.29, 0.717) is 31.9 Å². The molecule has 25 heavy (non-hydrogen) atoms. The maximum absolute atomic E-state index is 12.5. The Labute approximate surface area is 158 Å². The van der Waals surface area contributed by atoms with E-state index in [1.165, 1.54) is 6.20 Å². The van der Waals surface area contributed by atoms with Crippen LogP contribution in [0, 0.1) is 0 Å². The van der Waals surface area contributed by atoms with Crippen molar-refractivity contribution in [1.82, 2.24) is 4.98 Å². The van der Waals surface area contributed by atoms with Gasteiger partial charge in [0.25, 0.3) is 5.91 Å². The maximum Gasteiger partial charge on any atom is 0.257 e. The highest BCUT2D eigenvalue weighted by Gasteiger charge is 2.17. The summed E-state index contributed by atoms with van der Waals surface area (Å²) < 4.78 is 0.709. The fraction of sp³-hybridized carbons (Fsp3) is 0.0526. The molecule has 1 atom stereocenters. The van der Waals surface area contributed by atoms with Gasteiger partial charge in [-0.1, -0.05) is 41.9 Å². The van der Waals surface area contributed by atoms with E-state index in [4.69, 9.17) is 11.6 Å². The van der Waals surface area contributed by atoms with Gasteiger partial charge in [0.15, 0.2) is 0 Å². The second kappa shape index (κ2) is 7.78. The van der Waals surface area contributed by atoms with Crippen molar-refractivity contribution in [3.8, 4) is 0 Å². The summed E-state index contributed by atoms with van der Waals surface area (Å²) in [7, 11) is 0. The van der Waals surface area contributed by atoms with Crippen molar-refractivity contribution in [2.24, 2.45) is 0 Å². The van der Waals surface area contributed by atoms with Crippen LogP contribution in [0.4, 0.5) is 5.69 Å². The van der Waals surface area contributed by atoms with Crippen molar-refractivity contribution in [2.75, 3.05) is 5.32 Å². The zero-order valence-electron chi connectivity index (χ0n) is 13.0. The van der Waals surface area contributed by atoms with Gasteiger partial charge < -0.3 is 10.4 Å². The predicted octanol–water partition coefficient (Wildman–Crippen LogP) is 4.83. The molecule has 126 valence electrons. The highest BCUT2D eigenvalue weighted by molar-refractivity contribution is 9.10. The third-order valence-electron chi connectivity index (χ3n) is 3.64. The lowest BCUT2D eigenvalue weighted by molar-refractivity contribution is 0.102. The number of hydrogen-bond donors (Lipinski definition) is 2. The van der Waals surface area contributed by atoms with Crippen LogP contribution in [0.15, 0.2) is 71.5 Å². The average molecular weight is 418 g/mol. The maximum atomic E-state index is 12.5. The number of nitrogens with one attached hydrogen (secondary N) is 1. The van der Waals surface area contributed by atoms with E-state index >= 15 is 0 Å². The number of anilines is 1. The molecule has 3 rings (SSSR count). The first kappa shape index (κ1) is 17.6. The quantitative estimate of drug-likeness (QED) is 0.639. The van der Waals surface area contributed by atoms with E-state index in [2.05, 4.69) is 26.2 Å². The summed E-state index contributed by atoms with van der Waals surface area (Å²) in [6.07, 6.45) is 2.17. The van der Waals surface area contributed by atoms with Crippen LogP contribution < -0.4 is 5.32 Å². The van der Waals surface area contributed by atoms with Gasteiger partial charge in [0.1, 0.15) is 6.10 Å². The Morgan fingerprint density at radius 3 is 2.60 bits per heavy atom. The highest BCUT2D eigenvalue weighted by atomic mass is 79.9. The molecule has 2 aromatic carbocycles. The Bertz CT molecular complexity index is 903. The summed E-state index contributed by atoms with van der Waals surface area (Å²) in [6, 6.07) is 15.8. The first-order valence-corrected chi connectivity index (χ1v) is 8.66. The standard InChI is InChI=1S/C19H14BrClN2O2/c20-14-8-13(10-22-11-14)19(25)23-17-7-6-15(21)9-16(17)18(24)12-4-2-1-3-5-12/h1-11,18,24H,(H,23,25)/t18-/m0/s1. The van der Waals surface area contributed by atoms with E-state index in [-0.39, 0.29) is 5.91 Å². The molecular formula is C19H14BrClN2O2. The number of carbonyl (C=O) groups excluding carboxylic acids is 1. The van der Waals surface area contributed by atoms with Crippen molar-refractivity contribution in [2.45, 2.75) is 6.10 Å². The molecule has 1 aromatic heterocycles. The number of amides is 1. The molecule has 0 aliphatic rings. The number of pyridine rings is 1. The summed E-state index contributed by atoms with van der Waals surface area (Å²) in [6.45, 7) is 0. The summed E-state index contributed by atoms with van der Waals surface area (Å²) in [4.78, 5) is 16.5. The lowest BCUT2D eigenvalue weighted by Crippen LogP contribution is -2.15. The van der Waals surface area contributed by atoms with Crippen LogP contribution in [0.25, 0.3) is 0 Å². The van der Waals surface area contributed by atoms with E-state index in [1.54, 1.807) is 30.5 Å². The topological polar surface area (TPSA) is 62.2 Å². The van der Waals surface area contributed by atoms with Gasteiger partial charge in [-0.2, -0.15) is 0 Å². The summed E-state index contributed by atoms with van der Waals surface area (Å²) in [5.74, 6) is -0.322. The SMILES string of the molecule is O=C(Nc1ccc(Cl)cc1[C@@H](O)c1ccccc1)c1cncc(Br)c1. The van der Waals surface area contributed by atoms with Crippen molar-refractivity contribution in [3.63, 3.8) is 0 Å². The van der Waals surface area contributed by atoms with Crippen molar-refractivity contribution < 1.29 is 9.90 Å². The van der Waals surface area contributed by atoms with Gasteiger partial charge in [0.2, 0.25) is 0 Å². The zero-order chi connectivity index (χ0) is 17.8. The molecule has 0 aliphatic heterocycles. The minimum atomic E-state index is -0.907. The third-order valence-corrected chi connectivity index (χ3v) is 4.31. The number of aliphatic hydroxyl groups excluding tert-OH is 1. The average Bonchev–Trinajstić information content (AvgIpc) is 2.63.